The van der Waals surface area contributed by atoms with Gasteiger partial charge in [-0.1, -0.05) is 26.8 Å². The lowest BCUT2D eigenvalue weighted by Crippen LogP contribution is -2.50. The third-order valence-electron chi connectivity index (χ3n) is 7.35. The Hall–Kier alpha value is -1.09. The molecule has 3 aliphatic rings. The van der Waals surface area contributed by atoms with E-state index in [1.165, 1.54) is 0 Å². The van der Waals surface area contributed by atoms with Gasteiger partial charge in [0.2, 0.25) is 0 Å². The van der Waals surface area contributed by atoms with Crippen LogP contribution in [-0.2, 0) is 6.42 Å². The predicted octanol–water partition coefficient (Wildman–Crippen LogP) is 4.44. The van der Waals surface area contributed by atoms with Gasteiger partial charge < -0.3 is 10.2 Å². The molecule has 0 amide bonds. The van der Waals surface area contributed by atoms with Gasteiger partial charge in [-0.3, -0.25) is 0 Å². The van der Waals surface area contributed by atoms with Gasteiger partial charge in [-0.05, 0) is 78.0 Å². The highest BCUT2D eigenvalue weighted by molar-refractivity contribution is 5.41. The van der Waals surface area contributed by atoms with Gasteiger partial charge in [0.05, 0.1) is 6.10 Å². The van der Waals surface area contributed by atoms with E-state index in [2.05, 4.69) is 20.8 Å². The highest BCUT2D eigenvalue weighted by atomic mass is 19.1. The van der Waals surface area contributed by atoms with Crippen LogP contribution in [0.4, 0.5) is 4.39 Å². The Morgan fingerprint density at radius 2 is 2.00 bits per heavy atom. The number of phenolic OH excluding ortho intramolecular Hbond substituents is 1. The van der Waals surface area contributed by atoms with Crippen molar-refractivity contribution in [2.75, 3.05) is 0 Å². The molecule has 0 saturated heterocycles. The van der Waals surface area contributed by atoms with Gasteiger partial charge in [0, 0.05) is 5.92 Å². The summed E-state index contributed by atoms with van der Waals surface area (Å²) in [5.74, 6) is 1.79. The Morgan fingerprint density at radius 3 is 2.71 bits per heavy atom. The molecule has 2 saturated carbocycles. The molecular formula is C21H29FO2. The summed E-state index contributed by atoms with van der Waals surface area (Å²) in [4.78, 5) is 0. The van der Waals surface area contributed by atoms with E-state index in [-0.39, 0.29) is 23.2 Å². The molecule has 2 fully saturated rings. The maximum atomic E-state index is 15.4. The number of aliphatic hydroxyl groups excluding tert-OH is 1. The van der Waals surface area contributed by atoms with Crippen LogP contribution in [0.15, 0.2) is 18.2 Å². The normalized spacial score (nSPS) is 44.1. The first-order valence-corrected chi connectivity index (χ1v) is 9.44. The summed E-state index contributed by atoms with van der Waals surface area (Å²) in [5.41, 5.74) is 2.16. The SMILES string of the molecule is CC(C)[C@H]1Cc2cc(O)ccc2[C@@H]2[C@@H]1[C@@H]1C[C@H](O)C[C@@]1(C)C[C@@H]2F. The first kappa shape index (κ1) is 16.4. The van der Waals surface area contributed by atoms with Crippen molar-refractivity contribution in [3.05, 3.63) is 29.3 Å². The van der Waals surface area contributed by atoms with Crippen LogP contribution in [0.2, 0.25) is 0 Å². The fraction of sp³-hybridized carbons (Fsp3) is 0.714. The number of halogens is 1. The Bertz CT molecular complexity index is 643. The molecule has 0 aliphatic heterocycles. The van der Waals surface area contributed by atoms with Crippen molar-refractivity contribution in [3.8, 4) is 5.75 Å². The van der Waals surface area contributed by atoms with Crippen molar-refractivity contribution in [2.24, 2.45) is 29.1 Å². The van der Waals surface area contributed by atoms with Crippen molar-refractivity contribution < 1.29 is 14.6 Å². The van der Waals surface area contributed by atoms with E-state index in [0.29, 0.717) is 30.1 Å². The van der Waals surface area contributed by atoms with Gasteiger partial charge in [0.15, 0.2) is 0 Å². The van der Waals surface area contributed by atoms with Gasteiger partial charge in [-0.15, -0.1) is 0 Å². The molecule has 0 unspecified atom stereocenters. The molecular weight excluding hydrogens is 303 g/mol. The van der Waals surface area contributed by atoms with Crippen LogP contribution in [0, 0.1) is 29.1 Å². The molecule has 2 nitrogen and oxygen atoms in total. The molecule has 3 aliphatic carbocycles. The molecule has 3 heteroatoms. The van der Waals surface area contributed by atoms with Gasteiger partial charge in [0.25, 0.3) is 0 Å². The van der Waals surface area contributed by atoms with Crippen molar-refractivity contribution in [2.45, 2.75) is 64.6 Å². The summed E-state index contributed by atoms with van der Waals surface area (Å²) >= 11 is 0. The van der Waals surface area contributed by atoms with E-state index in [1.54, 1.807) is 6.07 Å². The number of aliphatic hydroxyl groups is 1. The van der Waals surface area contributed by atoms with Crippen LogP contribution in [-0.4, -0.2) is 22.5 Å². The second kappa shape index (κ2) is 5.45. The van der Waals surface area contributed by atoms with Crippen LogP contribution in [0.1, 0.15) is 57.1 Å². The lowest BCUT2D eigenvalue weighted by atomic mass is 9.51. The van der Waals surface area contributed by atoms with Crippen LogP contribution in [0.25, 0.3) is 0 Å². The monoisotopic (exact) mass is 332 g/mol. The maximum absolute atomic E-state index is 15.4. The second-order valence-electron chi connectivity index (χ2n) is 9.17. The second-order valence-corrected chi connectivity index (χ2v) is 9.17. The van der Waals surface area contributed by atoms with Gasteiger partial charge in [-0.25, -0.2) is 4.39 Å². The zero-order valence-corrected chi connectivity index (χ0v) is 14.9. The number of hydrogen-bond donors (Lipinski definition) is 2. The first-order valence-electron chi connectivity index (χ1n) is 9.44. The van der Waals surface area contributed by atoms with E-state index in [4.69, 9.17) is 0 Å². The van der Waals surface area contributed by atoms with Crippen molar-refractivity contribution in [1.29, 1.82) is 0 Å². The minimum atomic E-state index is -0.855. The molecule has 0 heterocycles. The summed E-state index contributed by atoms with van der Waals surface area (Å²) in [6.07, 6.45) is 1.90. The standard InChI is InChI=1S/C21H29FO2/c1-11(2)16-7-12-6-13(23)4-5-15(12)20-18(22)10-21(3)9-14(24)8-17(21)19(16)20/h4-6,11,14,16-20,23-24H,7-10H2,1-3H3/t14-,16+,17-,18-,19-,20-,21-/m0/s1. The third kappa shape index (κ3) is 2.31. The molecule has 1 aromatic rings. The summed E-state index contributed by atoms with van der Waals surface area (Å²) in [6, 6.07) is 5.49. The van der Waals surface area contributed by atoms with Crippen LogP contribution >= 0.6 is 0 Å². The van der Waals surface area contributed by atoms with Crippen molar-refractivity contribution >= 4 is 0 Å². The van der Waals surface area contributed by atoms with Gasteiger partial charge in [0.1, 0.15) is 11.9 Å². The number of fused-ring (bicyclic) bond motifs is 5. The maximum Gasteiger partial charge on any atom is 0.115 e. The Morgan fingerprint density at radius 1 is 1.25 bits per heavy atom. The smallest absolute Gasteiger partial charge is 0.115 e. The summed E-state index contributed by atoms with van der Waals surface area (Å²) in [5, 5.41) is 20.2. The topological polar surface area (TPSA) is 40.5 Å². The zero-order chi connectivity index (χ0) is 17.2. The quantitative estimate of drug-likeness (QED) is 0.798. The number of rotatable bonds is 1. The highest BCUT2D eigenvalue weighted by Gasteiger charge is 2.59. The van der Waals surface area contributed by atoms with E-state index < -0.39 is 6.17 Å². The summed E-state index contributed by atoms with van der Waals surface area (Å²) in [6.45, 7) is 6.67. The van der Waals surface area contributed by atoms with Crippen molar-refractivity contribution in [3.63, 3.8) is 0 Å². The van der Waals surface area contributed by atoms with Crippen molar-refractivity contribution in [1.82, 2.24) is 0 Å². The minimum Gasteiger partial charge on any atom is -0.508 e. The average Bonchev–Trinajstić information content (AvgIpc) is 2.79. The number of aromatic hydroxyl groups is 1. The van der Waals surface area contributed by atoms with Gasteiger partial charge >= 0.3 is 0 Å². The number of phenols is 1. The minimum absolute atomic E-state index is 0.0679. The molecule has 2 N–H and O–H groups in total. The Kier molecular flexibility index (Phi) is 3.72. The van der Waals surface area contributed by atoms with Crippen LogP contribution in [0.3, 0.4) is 0 Å². The average molecular weight is 332 g/mol. The summed E-state index contributed by atoms with van der Waals surface area (Å²) in [7, 11) is 0. The van der Waals surface area contributed by atoms with Crippen LogP contribution in [0.5, 0.6) is 5.75 Å². The fourth-order valence-electron chi connectivity index (χ4n) is 6.40. The largest absolute Gasteiger partial charge is 0.508 e. The van der Waals surface area contributed by atoms with Crippen LogP contribution < -0.4 is 0 Å². The van der Waals surface area contributed by atoms with E-state index in [0.717, 1.165) is 30.4 Å². The Balaban J connectivity index is 1.83. The number of alkyl halides is 1. The molecule has 7 atom stereocenters. The Labute approximate surface area is 144 Å². The fourth-order valence-corrected chi connectivity index (χ4v) is 6.40. The first-order chi connectivity index (χ1) is 11.3. The van der Waals surface area contributed by atoms with E-state index >= 15 is 4.39 Å². The molecule has 1 aromatic carbocycles. The van der Waals surface area contributed by atoms with E-state index in [1.807, 2.05) is 12.1 Å². The molecule has 0 spiro atoms. The number of benzene rings is 1. The molecule has 4 rings (SSSR count). The summed E-state index contributed by atoms with van der Waals surface area (Å²) < 4.78 is 15.4. The molecule has 0 bridgehead atoms. The molecule has 0 radical (unpaired) electrons. The zero-order valence-electron chi connectivity index (χ0n) is 14.9. The third-order valence-corrected chi connectivity index (χ3v) is 7.35. The molecule has 24 heavy (non-hydrogen) atoms. The number of hydrogen-bond acceptors (Lipinski definition) is 2. The lowest BCUT2D eigenvalue weighted by molar-refractivity contribution is -0.0341. The molecule has 132 valence electrons. The predicted molar refractivity (Wildman–Crippen MR) is 92.7 cm³/mol. The lowest BCUT2D eigenvalue weighted by Gasteiger charge is -2.54. The van der Waals surface area contributed by atoms with Gasteiger partial charge in [-0.2, -0.15) is 0 Å². The molecule has 0 aromatic heterocycles. The van der Waals surface area contributed by atoms with E-state index in [9.17, 15) is 10.2 Å². The highest BCUT2D eigenvalue weighted by Crippen LogP contribution is 2.63.